The van der Waals surface area contributed by atoms with E-state index in [0.717, 1.165) is 37.4 Å². The molecule has 2 N–H and O–H groups in total. The van der Waals surface area contributed by atoms with Gasteiger partial charge < -0.3 is 19.7 Å². The van der Waals surface area contributed by atoms with Gasteiger partial charge in [-0.1, -0.05) is 6.42 Å². The third-order valence-electron chi connectivity index (χ3n) is 8.85. The summed E-state index contributed by atoms with van der Waals surface area (Å²) in [6.07, 6.45) is 10.2. The maximum absolute atomic E-state index is 13.0. The van der Waals surface area contributed by atoms with Crippen molar-refractivity contribution in [1.82, 2.24) is 15.5 Å². The van der Waals surface area contributed by atoms with E-state index >= 15 is 0 Å². The number of rotatable bonds is 5. The van der Waals surface area contributed by atoms with E-state index in [1.165, 1.54) is 38.5 Å². The van der Waals surface area contributed by atoms with E-state index in [1.807, 2.05) is 18.2 Å². The van der Waals surface area contributed by atoms with Crippen LogP contribution in [0.3, 0.4) is 0 Å². The SMILES string of the molecule is O=C1CCC(N2Cc3cc(O[C@H]4CCCC[C@@H]4NC4CC5(CCOCC5)C4)ccc3C2=O)C(=O)N1. The second kappa shape index (κ2) is 9.21. The number of nitrogens with one attached hydrogen (secondary N) is 2. The van der Waals surface area contributed by atoms with Gasteiger partial charge in [0.05, 0.1) is 0 Å². The average Bonchev–Trinajstić information content (AvgIpc) is 3.15. The molecule has 35 heavy (non-hydrogen) atoms. The van der Waals surface area contributed by atoms with Crippen LogP contribution in [0.25, 0.3) is 0 Å². The Morgan fingerprint density at radius 1 is 1.06 bits per heavy atom. The van der Waals surface area contributed by atoms with Gasteiger partial charge in [-0.2, -0.15) is 0 Å². The first-order valence-corrected chi connectivity index (χ1v) is 13.3. The van der Waals surface area contributed by atoms with E-state index in [1.54, 1.807) is 4.90 Å². The van der Waals surface area contributed by atoms with Crippen molar-refractivity contribution in [3.8, 4) is 5.75 Å². The Labute approximate surface area is 206 Å². The molecule has 2 aliphatic carbocycles. The summed E-state index contributed by atoms with van der Waals surface area (Å²) < 4.78 is 12.1. The van der Waals surface area contributed by atoms with Gasteiger partial charge in [0.2, 0.25) is 11.8 Å². The Morgan fingerprint density at radius 3 is 2.66 bits per heavy atom. The zero-order chi connectivity index (χ0) is 24.0. The largest absolute Gasteiger partial charge is 0.489 e. The Bertz CT molecular complexity index is 1010. The van der Waals surface area contributed by atoms with Gasteiger partial charge in [0.15, 0.2) is 0 Å². The summed E-state index contributed by atoms with van der Waals surface area (Å²) in [7, 11) is 0. The molecule has 3 atom stereocenters. The molecule has 4 fully saturated rings. The summed E-state index contributed by atoms with van der Waals surface area (Å²) in [6.45, 7) is 2.19. The Balaban J connectivity index is 1.09. The molecule has 1 aromatic rings. The lowest BCUT2D eigenvalue weighted by Gasteiger charge is -2.52. The van der Waals surface area contributed by atoms with E-state index in [2.05, 4.69) is 10.6 Å². The fourth-order valence-electron chi connectivity index (χ4n) is 6.85. The third kappa shape index (κ3) is 4.47. The minimum absolute atomic E-state index is 0.122. The molecule has 1 aromatic carbocycles. The van der Waals surface area contributed by atoms with Crippen LogP contribution < -0.4 is 15.4 Å². The highest BCUT2D eigenvalue weighted by molar-refractivity contribution is 6.05. The summed E-state index contributed by atoms with van der Waals surface area (Å²) in [4.78, 5) is 38.4. The molecular weight excluding hydrogens is 446 g/mol. The van der Waals surface area contributed by atoms with Gasteiger partial charge in [0.25, 0.3) is 5.91 Å². The van der Waals surface area contributed by atoms with Crippen LogP contribution in [-0.2, 0) is 20.9 Å². The van der Waals surface area contributed by atoms with E-state index < -0.39 is 6.04 Å². The second-order valence-corrected chi connectivity index (χ2v) is 11.2. The number of hydrogen-bond donors (Lipinski definition) is 2. The molecule has 3 aliphatic heterocycles. The van der Waals surface area contributed by atoms with Crippen LogP contribution in [0.2, 0.25) is 0 Å². The van der Waals surface area contributed by atoms with Crippen LogP contribution in [0.1, 0.15) is 80.1 Å². The first-order valence-electron chi connectivity index (χ1n) is 13.3. The molecule has 8 nitrogen and oxygen atoms in total. The zero-order valence-electron chi connectivity index (χ0n) is 20.2. The number of amides is 3. The molecule has 1 spiro atoms. The lowest BCUT2D eigenvalue weighted by atomic mass is 9.61. The van der Waals surface area contributed by atoms with Crippen LogP contribution in [0, 0.1) is 5.41 Å². The standard InChI is InChI=1S/C27H35N3O5/c31-24-8-7-22(25(32)29-24)30-16-17-13-19(5-6-20(17)26(30)33)35-23-4-2-1-3-21(23)28-18-14-27(15-18)9-11-34-12-10-27/h5-6,13,18,21-23,28H,1-4,7-12,14-16H2,(H,29,31,32)/t21-,22?,23-/m0/s1. The molecule has 0 bridgehead atoms. The van der Waals surface area contributed by atoms with Gasteiger partial charge in [-0.25, -0.2) is 0 Å². The highest BCUT2D eigenvalue weighted by Crippen LogP contribution is 2.49. The maximum atomic E-state index is 13.0. The highest BCUT2D eigenvalue weighted by atomic mass is 16.5. The summed E-state index contributed by atoms with van der Waals surface area (Å²) in [6, 6.07) is 6.00. The monoisotopic (exact) mass is 481 g/mol. The van der Waals surface area contributed by atoms with E-state index in [0.29, 0.717) is 36.0 Å². The molecule has 2 saturated heterocycles. The molecule has 3 amide bonds. The first-order chi connectivity index (χ1) is 17.0. The molecule has 3 heterocycles. The third-order valence-corrected chi connectivity index (χ3v) is 8.85. The lowest BCUT2D eigenvalue weighted by Crippen LogP contribution is -2.57. The van der Waals surface area contributed by atoms with Crippen molar-refractivity contribution >= 4 is 17.7 Å². The van der Waals surface area contributed by atoms with Crippen LogP contribution in [0.15, 0.2) is 18.2 Å². The maximum Gasteiger partial charge on any atom is 0.255 e. The van der Waals surface area contributed by atoms with Crippen molar-refractivity contribution < 1.29 is 23.9 Å². The molecule has 1 unspecified atom stereocenters. The number of carbonyl (C=O) groups is 3. The minimum atomic E-state index is -0.592. The number of nitrogens with zero attached hydrogens (tertiary/aromatic N) is 1. The van der Waals surface area contributed by atoms with E-state index in [9.17, 15) is 14.4 Å². The van der Waals surface area contributed by atoms with Gasteiger partial charge in [-0.3, -0.25) is 19.7 Å². The summed E-state index contributed by atoms with van der Waals surface area (Å²) in [5.41, 5.74) is 2.01. The topological polar surface area (TPSA) is 97.0 Å². The number of ether oxygens (including phenoxy) is 2. The number of fused-ring (bicyclic) bond motifs is 1. The predicted molar refractivity (Wildman–Crippen MR) is 128 cm³/mol. The number of hydrogen-bond acceptors (Lipinski definition) is 6. The summed E-state index contributed by atoms with van der Waals surface area (Å²) in [5, 5.41) is 6.27. The Morgan fingerprint density at radius 2 is 1.86 bits per heavy atom. The molecule has 0 aromatic heterocycles. The first kappa shape index (κ1) is 23.0. The van der Waals surface area contributed by atoms with Crippen LogP contribution in [0.5, 0.6) is 5.75 Å². The van der Waals surface area contributed by atoms with Gasteiger partial charge in [0, 0.05) is 43.8 Å². The zero-order valence-corrected chi connectivity index (χ0v) is 20.2. The molecule has 188 valence electrons. The van der Waals surface area contributed by atoms with E-state index in [4.69, 9.17) is 9.47 Å². The Hall–Kier alpha value is -2.45. The van der Waals surface area contributed by atoms with Crippen LogP contribution in [-0.4, -0.2) is 60.1 Å². The molecular formula is C27H35N3O5. The van der Waals surface area contributed by atoms with Crippen molar-refractivity contribution in [3.05, 3.63) is 29.3 Å². The van der Waals surface area contributed by atoms with Gasteiger partial charge in [-0.15, -0.1) is 0 Å². The molecule has 6 rings (SSSR count). The van der Waals surface area contributed by atoms with Crippen molar-refractivity contribution in [2.24, 2.45) is 5.41 Å². The minimum Gasteiger partial charge on any atom is -0.489 e. The Kier molecular flexibility index (Phi) is 6.05. The molecule has 0 radical (unpaired) electrons. The highest BCUT2D eigenvalue weighted by Gasteiger charge is 2.46. The number of imide groups is 1. The van der Waals surface area contributed by atoms with Crippen LogP contribution >= 0.6 is 0 Å². The van der Waals surface area contributed by atoms with Gasteiger partial charge in [-0.05, 0) is 80.5 Å². The summed E-state index contributed by atoms with van der Waals surface area (Å²) in [5.74, 6) is -0.0136. The fraction of sp³-hybridized carbons (Fsp3) is 0.667. The van der Waals surface area contributed by atoms with Gasteiger partial charge in [0.1, 0.15) is 17.9 Å². The van der Waals surface area contributed by atoms with Crippen LogP contribution in [0.4, 0.5) is 0 Å². The van der Waals surface area contributed by atoms with Gasteiger partial charge >= 0.3 is 0 Å². The van der Waals surface area contributed by atoms with Crippen molar-refractivity contribution in [1.29, 1.82) is 0 Å². The second-order valence-electron chi connectivity index (χ2n) is 11.2. The molecule has 8 heteroatoms. The van der Waals surface area contributed by atoms with Crippen molar-refractivity contribution in [3.63, 3.8) is 0 Å². The normalized spacial score (nSPS) is 30.7. The predicted octanol–water partition coefficient (Wildman–Crippen LogP) is 2.69. The number of benzene rings is 1. The summed E-state index contributed by atoms with van der Waals surface area (Å²) >= 11 is 0. The fourth-order valence-corrected chi connectivity index (χ4v) is 6.85. The van der Waals surface area contributed by atoms with Crippen molar-refractivity contribution in [2.45, 2.75) is 95.0 Å². The quantitative estimate of drug-likeness (QED) is 0.628. The number of piperidine rings is 1. The molecule has 2 saturated carbocycles. The molecule has 5 aliphatic rings. The average molecular weight is 482 g/mol. The van der Waals surface area contributed by atoms with Crippen molar-refractivity contribution in [2.75, 3.05) is 13.2 Å². The number of carbonyl (C=O) groups excluding carboxylic acids is 3. The lowest BCUT2D eigenvalue weighted by molar-refractivity contribution is -0.136. The van der Waals surface area contributed by atoms with E-state index in [-0.39, 0.29) is 30.2 Å². The smallest absolute Gasteiger partial charge is 0.255 e.